The van der Waals surface area contributed by atoms with Gasteiger partial charge in [0.15, 0.2) is 10.4 Å². The van der Waals surface area contributed by atoms with Crippen LogP contribution in [0.5, 0.6) is 0 Å². The lowest BCUT2D eigenvalue weighted by molar-refractivity contribution is 0.0921. The molecule has 0 fully saturated rings. The molecule has 0 aliphatic carbocycles. The van der Waals surface area contributed by atoms with Crippen LogP contribution in [0.2, 0.25) is 0 Å². The summed E-state index contributed by atoms with van der Waals surface area (Å²) in [4.78, 5) is 11.7. The zero-order valence-corrected chi connectivity index (χ0v) is 11.1. The fraction of sp³-hybridized carbons (Fsp3) is 0.154. The number of carbonyl (C=O) groups is 1. The summed E-state index contributed by atoms with van der Waals surface area (Å²) < 4.78 is 5.66. The van der Waals surface area contributed by atoms with Gasteiger partial charge in [-0.3, -0.25) is 4.79 Å². The molecular formula is C13H12BrNO3. The topological polar surface area (TPSA) is 62.5 Å². The van der Waals surface area contributed by atoms with E-state index in [1.165, 1.54) is 0 Å². The van der Waals surface area contributed by atoms with E-state index in [0.717, 1.165) is 11.1 Å². The summed E-state index contributed by atoms with van der Waals surface area (Å²) in [5.41, 5.74) is 1.69. The van der Waals surface area contributed by atoms with E-state index in [2.05, 4.69) is 21.2 Å². The number of hydrogen-bond acceptors (Lipinski definition) is 3. The fourth-order valence-corrected chi connectivity index (χ4v) is 1.89. The van der Waals surface area contributed by atoms with E-state index in [-0.39, 0.29) is 18.3 Å². The van der Waals surface area contributed by atoms with Crippen molar-refractivity contribution >= 4 is 21.8 Å². The molecule has 0 bridgehead atoms. The second kappa shape index (κ2) is 5.84. The molecule has 2 aromatic rings. The minimum absolute atomic E-state index is 0.0433. The predicted molar refractivity (Wildman–Crippen MR) is 69.9 cm³/mol. The standard InChI is InChI=1S/C13H12BrNO3/c14-12-6-5-11(18-12)13(17)15-7-9-3-1-2-4-10(9)8-16/h1-6,16H,7-8H2,(H,15,17). The Kier molecular flexibility index (Phi) is 4.17. The largest absolute Gasteiger partial charge is 0.444 e. The van der Waals surface area contributed by atoms with E-state index >= 15 is 0 Å². The minimum Gasteiger partial charge on any atom is -0.444 e. The smallest absolute Gasteiger partial charge is 0.287 e. The average Bonchev–Trinajstić information content (AvgIpc) is 2.83. The van der Waals surface area contributed by atoms with Crippen molar-refractivity contribution in [2.75, 3.05) is 0 Å². The highest BCUT2D eigenvalue weighted by molar-refractivity contribution is 9.10. The number of hydrogen-bond donors (Lipinski definition) is 2. The van der Waals surface area contributed by atoms with Gasteiger partial charge in [0, 0.05) is 6.54 Å². The molecule has 2 N–H and O–H groups in total. The number of rotatable bonds is 4. The quantitative estimate of drug-likeness (QED) is 0.912. The number of benzene rings is 1. The molecule has 94 valence electrons. The molecule has 0 atom stereocenters. The maximum Gasteiger partial charge on any atom is 0.287 e. The van der Waals surface area contributed by atoms with Gasteiger partial charge in [-0.15, -0.1) is 0 Å². The van der Waals surface area contributed by atoms with Crippen LogP contribution in [0.15, 0.2) is 45.5 Å². The van der Waals surface area contributed by atoms with Crippen LogP contribution in [-0.2, 0) is 13.2 Å². The van der Waals surface area contributed by atoms with Crippen LogP contribution in [0.25, 0.3) is 0 Å². The Morgan fingerprint density at radius 2 is 1.94 bits per heavy atom. The van der Waals surface area contributed by atoms with Crippen molar-refractivity contribution in [3.05, 3.63) is 58.0 Å². The van der Waals surface area contributed by atoms with E-state index in [1.807, 2.05) is 24.3 Å². The van der Waals surface area contributed by atoms with Crippen molar-refractivity contribution in [2.45, 2.75) is 13.2 Å². The van der Waals surface area contributed by atoms with Crippen molar-refractivity contribution in [2.24, 2.45) is 0 Å². The molecule has 0 aliphatic rings. The first-order valence-corrected chi connectivity index (χ1v) is 6.21. The SMILES string of the molecule is O=C(NCc1ccccc1CO)c1ccc(Br)o1. The number of carbonyl (C=O) groups excluding carboxylic acids is 1. The third-order valence-electron chi connectivity index (χ3n) is 2.53. The summed E-state index contributed by atoms with van der Waals surface area (Å²) in [5.74, 6) is -0.0307. The molecular weight excluding hydrogens is 298 g/mol. The second-order valence-electron chi connectivity index (χ2n) is 3.71. The van der Waals surface area contributed by atoms with Crippen LogP contribution in [0.4, 0.5) is 0 Å². The maximum absolute atomic E-state index is 11.7. The molecule has 2 rings (SSSR count). The Morgan fingerprint density at radius 1 is 1.22 bits per heavy atom. The zero-order valence-electron chi connectivity index (χ0n) is 9.52. The van der Waals surface area contributed by atoms with Gasteiger partial charge in [-0.25, -0.2) is 0 Å². The highest BCUT2D eigenvalue weighted by Crippen LogP contribution is 2.14. The lowest BCUT2D eigenvalue weighted by atomic mass is 10.1. The van der Waals surface area contributed by atoms with Crippen LogP contribution in [0, 0.1) is 0 Å². The van der Waals surface area contributed by atoms with Gasteiger partial charge in [0.2, 0.25) is 0 Å². The first kappa shape index (κ1) is 12.9. The molecule has 0 aliphatic heterocycles. The number of halogens is 1. The summed E-state index contributed by atoms with van der Waals surface area (Å²) in [6, 6.07) is 10.7. The molecule has 0 unspecified atom stereocenters. The maximum atomic E-state index is 11.7. The number of furan rings is 1. The molecule has 0 spiro atoms. The molecule has 1 amide bonds. The monoisotopic (exact) mass is 309 g/mol. The molecule has 0 radical (unpaired) electrons. The van der Waals surface area contributed by atoms with E-state index in [1.54, 1.807) is 12.1 Å². The molecule has 1 heterocycles. The van der Waals surface area contributed by atoms with Crippen molar-refractivity contribution < 1.29 is 14.3 Å². The number of aliphatic hydroxyl groups is 1. The Balaban J connectivity index is 2.01. The van der Waals surface area contributed by atoms with Gasteiger partial charge in [-0.05, 0) is 39.2 Å². The van der Waals surface area contributed by atoms with Gasteiger partial charge >= 0.3 is 0 Å². The van der Waals surface area contributed by atoms with Crippen LogP contribution in [0.1, 0.15) is 21.7 Å². The van der Waals surface area contributed by atoms with E-state index in [9.17, 15) is 4.79 Å². The van der Waals surface area contributed by atoms with Gasteiger partial charge < -0.3 is 14.8 Å². The Labute approximate surface area is 113 Å². The summed E-state index contributed by atoms with van der Waals surface area (Å²) in [5, 5.41) is 11.9. The van der Waals surface area contributed by atoms with Gasteiger partial charge in [0.25, 0.3) is 5.91 Å². The molecule has 0 saturated heterocycles. The highest BCUT2D eigenvalue weighted by Gasteiger charge is 2.10. The predicted octanol–water partition coefficient (Wildman–Crippen LogP) is 2.46. The normalized spacial score (nSPS) is 10.3. The molecule has 5 heteroatoms. The summed E-state index contributed by atoms with van der Waals surface area (Å²) >= 11 is 3.14. The van der Waals surface area contributed by atoms with E-state index in [0.29, 0.717) is 11.2 Å². The minimum atomic E-state index is -0.284. The van der Waals surface area contributed by atoms with Gasteiger partial charge in [0.05, 0.1) is 6.61 Å². The van der Waals surface area contributed by atoms with Crippen molar-refractivity contribution in [1.29, 1.82) is 0 Å². The summed E-state index contributed by atoms with van der Waals surface area (Å²) in [6.45, 7) is 0.312. The lowest BCUT2D eigenvalue weighted by Crippen LogP contribution is -2.22. The van der Waals surface area contributed by atoms with Crippen LogP contribution in [-0.4, -0.2) is 11.0 Å². The van der Waals surface area contributed by atoms with E-state index < -0.39 is 0 Å². The molecule has 18 heavy (non-hydrogen) atoms. The molecule has 0 saturated carbocycles. The highest BCUT2D eigenvalue weighted by atomic mass is 79.9. The van der Waals surface area contributed by atoms with Crippen LogP contribution < -0.4 is 5.32 Å². The molecule has 1 aromatic heterocycles. The third kappa shape index (κ3) is 3.00. The lowest BCUT2D eigenvalue weighted by Gasteiger charge is -2.07. The van der Waals surface area contributed by atoms with Crippen molar-refractivity contribution in [3.63, 3.8) is 0 Å². The number of aliphatic hydroxyl groups excluding tert-OH is 1. The van der Waals surface area contributed by atoms with Crippen molar-refractivity contribution in [3.8, 4) is 0 Å². The van der Waals surface area contributed by atoms with Gasteiger partial charge in [-0.2, -0.15) is 0 Å². The third-order valence-corrected chi connectivity index (χ3v) is 2.95. The number of nitrogens with one attached hydrogen (secondary N) is 1. The fourth-order valence-electron chi connectivity index (χ4n) is 1.58. The van der Waals surface area contributed by atoms with Crippen molar-refractivity contribution in [1.82, 2.24) is 5.32 Å². The first-order chi connectivity index (χ1) is 8.70. The van der Waals surface area contributed by atoms with Crippen LogP contribution >= 0.6 is 15.9 Å². The first-order valence-electron chi connectivity index (χ1n) is 5.42. The molecule has 4 nitrogen and oxygen atoms in total. The van der Waals surface area contributed by atoms with Gasteiger partial charge in [-0.1, -0.05) is 24.3 Å². The molecule has 1 aromatic carbocycles. The summed E-state index contributed by atoms with van der Waals surface area (Å²) in [6.07, 6.45) is 0. The van der Waals surface area contributed by atoms with E-state index in [4.69, 9.17) is 9.52 Å². The Morgan fingerprint density at radius 3 is 2.56 bits per heavy atom. The second-order valence-corrected chi connectivity index (χ2v) is 4.49. The number of amides is 1. The average molecular weight is 310 g/mol. The van der Waals surface area contributed by atoms with Gasteiger partial charge in [0.1, 0.15) is 0 Å². The Bertz CT molecular complexity index is 551. The van der Waals surface area contributed by atoms with Crippen LogP contribution in [0.3, 0.4) is 0 Å². The summed E-state index contributed by atoms with van der Waals surface area (Å²) in [7, 11) is 0. The Hall–Kier alpha value is -1.59. The zero-order chi connectivity index (χ0) is 13.0.